The third kappa shape index (κ3) is 6.09. The lowest BCUT2D eigenvalue weighted by Gasteiger charge is -2.12. The van der Waals surface area contributed by atoms with Crippen LogP contribution in [0, 0.1) is 11.3 Å². The molecule has 0 unspecified atom stereocenters. The van der Waals surface area contributed by atoms with E-state index in [1.165, 1.54) is 18.2 Å². The standard InChI is InChI=1S/C21H17ClF6N6O2/c1-34-16(15(21(26,27)28)18(33-34)36-10-20(23,24)25)31-8-12(7-29)11-2-3-14(22)13(6-11)17(35)32-19(9-30)4-5-19/h2-3,6-8H,4-5,10,29H2,1H3,(H,32,35). The van der Waals surface area contributed by atoms with E-state index >= 15 is 0 Å². The second-order valence-corrected chi connectivity index (χ2v) is 8.16. The van der Waals surface area contributed by atoms with Gasteiger partial charge in [-0.3, -0.25) is 4.79 Å². The molecule has 0 saturated heterocycles. The highest BCUT2D eigenvalue weighted by Crippen LogP contribution is 2.42. The number of hydrogen-bond acceptors (Lipinski definition) is 6. The van der Waals surface area contributed by atoms with E-state index in [2.05, 4.69) is 20.1 Å². The number of nitrogens with zero attached hydrogens (tertiary/aromatic N) is 4. The van der Waals surface area contributed by atoms with Crippen LogP contribution in [0.5, 0.6) is 5.88 Å². The molecule has 36 heavy (non-hydrogen) atoms. The second-order valence-electron chi connectivity index (χ2n) is 7.75. The average molecular weight is 535 g/mol. The van der Waals surface area contributed by atoms with Crippen molar-refractivity contribution >= 4 is 35.1 Å². The van der Waals surface area contributed by atoms with Gasteiger partial charge in [-0.05, 0) is 30.5 Å². The molecule has 0 atom stereocenters. The summed E-state index contributed by atoms with van der Waals surface area (Å²) in [5.41, 5.74) is 3.31. The van der Waals surface area contributed by atoms with Crippen LogP contribution >= 0.6 is 11.6 Å². The van der Waals surface area contributed by atoms with E-state index in [1.807, 2.05) is 6.07 Å². The molecule has 0 radical (unpaired) electrons. The fourth-order valence-corrected chi connectivity index (χ4v) is 3.24. The van der Waals surface area contributed by atoms with Crippen LogP contribution in [0.2, 0.25) is 5.02 Å². The molecule has 1 aliphatic rings. The Kier molecular flexibility index (Phi) is 7.26. The predicted octanol–water partition coefficient (Wildman–Crippen LogP) is 4.52. The number of allylic oxidation sites excluding steroid dienone is 1. The quantitative estimate of drug-likeness (QED) is 0.400. The number of aliphatic imine (C=N–C) groups is 1. The fourth-order valence-electron chi connectivity index (χ4n) is 3.04. The van der Waals surface area contributed by atoms with Gasteiger partial charge in [0, 0.05) is 25.0 Å². The molecule has 1 saturated carbocycles. The van der Waals surface area contributed by atoms with E-state index in [4.69, 9.17) is 22.6 Å². The van der Waals surface area contributed by atoms with E-state index in [0.717, 1.165) is 19.5 Å². The molecule has 0 bridgehead atoms. The van der Waals surface area contributed by atoms with Gasteiger partial charge in [-0.15, -0.1) is 5.10 Å². The van der Waals surface area contributed by atoms with Gasteiger partial charge < -0.3 is 15.8 Å². The van der Waals surface area contributed by atoms with Crippen LogP contribution in [0.1, 0.15) is 34.3 Å². The van der Waals surface area contributed by atoms with E-state index < -0.39 is 47.7 Å². The molecular formula is C21H17ClF6N6O2. The summed E-state index contributed by atoms with van der Waals surface area (Å²) in [6.45, 7) is -1.98. The number of nitriles is 1. The topological polar surface area (TPSA) is 118 Å². The molecular weight excluding hydrogens is 518 g/mol. The van der Waals surface area contributed by atoms with Gasteiger partial charge in [0.15, 0.2) is 18.0 Å². The number of nitrogens with two attached hydrogens (primary N) is 1. The van der Waals surface area contributed by atoms with Crippen LogP contribution in [0.25, 0.3) is 5.57 Å². The van der Waals surface area contributed by atoms with Crippen LogP contribution < -0.4 is 15.8 Å². The SMILES string of the molecule is Cn1nc(OCC(F)(F)F)c(C(F)(F)F)c1N=CC(=CN)c1ccc(Cl)c(C(=O)NC2(C#N)CC2)c1. The molecule has 2 aromatic rings. The van der Waals surface area contributed by atoms with Crippen molar-refractivity contribution in [2.45, 2.75) is 30.7 Å². The molecule has 1 aliphatic carbocycles. The van der Waals surface area contributed by atoms with Gasteiger partial charge in [-0.25, -0.2) is 9.67 Å². The van der Waals surface area contributed by atoms with Crippen LogP contribution in [0.15, 0.2) is 29.4 Å². The van der Waals surface area contributed by atoms with Crippen molar-refractivity contribution < 1.29 is 35.9 Å². The summed E-state index contributed by atoms with van der Waals surface area (Å²) in [6.07, 6.45) is -7.15. The summed E-state index contributed by atoms with van der Waals surface area (Å²) >= 11 is 6.10. The number of benzene rings is 1. The van der Waals surface area contributed by atoms with Gasteiger partial charge in [0.1, 0.15) is 5.54 Å². The molecule has 1 aromatic heterocycles. The molecule has 192 valence electrons. The van der Waals surface area contributed by atoms with Crippen molar-refractivity contribution in [1.29, 1.82) is 5.26 Å². The maximum atomic E-state index is 13.6. The highest BCUT2D eigenvalue weighted by Gasteiger charge is 2.45. The van der Waals surface area contributed by atoms with Crippen LogP contribution in [0.3, 0.4) is 0 Å². The number of aromatic nitrogens is 2. The number of alkyl halides is 6. The van der Waals surface area contributed by atoms with Gasteiger partial charge in [-0.2, -0.15) is 31.6 Å². The van der Waals surface area contributed by atoms with E-state index in [1.54, 1.807) is 0 Å². The zero-order chi connectivity index (χ0) is 26.9. The first-order valence-corrected chi connectivity index (χ1v) is 10.4. The van der Waals surface area contributed by atoms with Gasteiger partial charge in [0.05, 0.1) is 16.7 Å². The van der Waals surface area contributed by atoms with E-state index in [9.17, 15) is 31.1 Å². The highest BCUT2D eigenvalue weighted by molar-refractivity contribution is 6.34. The monoisotopic (exact) mass is 534 g/mol. The number of halogens is 7. The number of ether oxygens (including phenoxy) is 1. The Balaban J connectivity index is 1.93. The normalized spacial score (nSPS) is 15.6. The number of carbonyl (C=O) groups is 1. The lowest BCUT2D eigenvalue weighted by atomic mass is 10.0. The van der Waals surface area contributed by atoms with E-state index in [0.29, 0.717) is 17.5 Å². The van der Waals surface area contributed by atoms with Gasteiger partial charge in [-0.1, -0.05) is 17.7 Å². The first kappa shape index (κ1) is 26.9. The Morgan fingerprint density at radius 2 is 2.03 bits per heavy atom. The molecule has 3 N–H and O–H groups in total. The molecule has 3 rings (SSSR count). The third-order valence-corrected chi connectivity index (χ3v) is 5.34. The largest absolute Gasteiger partial charge is 0.466 e. The summed E-state index contributed by atoms with van der Waals surface area (Å²) < 4.78 is 83.1. The Hall–Kier alpha value is -3.73. The highest BCUT2D eigenvalue weighted by atomic mass is 35.5. The minimum Gasteiger partial charge on any atom is -0.466 e. The smallest absolute Gasteiger partial charge is 0.425 e. The molecule has 8 nitrogen and oxygen atoms in total. The van der Waals surface area contributed by atoms with Gasteiger partial charge in [0.25, 0.3) is 5.91 Å². The molecule has 1 heterocycles. The van der Waals surface area contributed by atoms with Crippen LogP contribution in [-0.2, 0) is 13.2 Å². The van der Waals surface area contributed by atoms with Crippen molar-refractivity contribution in [3.8, 4) is 11.9 Å². The van der Waals surface area contributed by atoms with Crippen molar-refractivity contribution in [3.05, 3.63) is 46.1 Å². The summed E-state index contributed by atoms with van der Waals surface area (Å²) in [7, 11) is 1.04. The molecule has 1 fully saturated rings. The second kappa shape index (κ2) is 9.73. The number of nitrogens with one attached hydrogen (secondary N) is 1. The number of rotatable bonds is 7. The number of aryl methyl sites for hydroxylation is 1. The van der Waals surface area contributed by atoms with Crippen LogP contribution in [-0.4, -0.2) is 40.2 Å². The minimum absolute atomic E-state index is 0.0113. The molecule has 15 heteroatoms. The molecule has 0 spiro atoms. The van der Waals surface area contributed by atoms with Crippen LogP contribution in [0.4, 0.5) is 32.2 Å². The number of carbonyl (C=O) groups excluding carboxylic acids is 1. The Morgan fingerprint density at radius 1 is 1.36 bits per heavy atom. The Labute approximate surface area is 205 Å². The fraction of sp³-hybridized carbons (Fsp3) is 0.333. The first-order chi connectivity index (χ1) is 16.7. The zero-order valence-corrected chi connectivity index (χ0v) is 19.1. The Bertz CT molecular complexity index is 1270. The average Bonchev–Trinajstić information content (AvgIpc) is 3.47. The van der Waals surface area contributed by atoms with Crippen molar-refractivity contribution in [2.75, 3.05) is 6.61 Å². The number of hydrogen-bond donors (Lipinski definition) is 2. The summed E-state index contributed by atoms with van der Waals surface area (Å²) in [5.74, 6) is -2.76. The van der Waals surface area contributed by atoms with Crippen molar-refractivity contribution in [1.82, 2.24) is 15.1 Å². The van der Waals surface area contributed by atoms with Crippen molar-refractivity contribution in [3.63, 3.8) is 0 Å². The summed E-state index contributed by atoms with van der Waals surface area (Å²) in [5, 5.41) is 15.2. The van der Waals surface area contributed by atoms with E-state index in [-0.39, 0.29) is 21.7 Å². The first-order valence-electron chi connectivity index (χ1n) is 10.0. The third-order valence-electron chi connectivity index (χ3n) is 5.01. The maximum Gasteiger partial charge on any atom is 0.425 e. The summed E-state index contributed by atoms with van der Waals surface area (Å²) in [6, 6.07) is 6.08. The maximum absolute atomic E-state index is 13.6. The Morgan fingerprint density at radius 3 is 2.56 bits per heavy atom. The molecule has 1 aromatic carbocycles. The lowest BCUT2D eigenvalue weighted by Crippen LogP contribution is -2.35. The predicted molar refractivity (Wildman–Crippen MR) is 117 cm³/mol. The molecule has 1 amide bonds. The van der Waals surface area contributed by atoms with Crippen molar-refractivity contribution in [2.24, 2.45) is 17.8 Å². The zero-order valence-electron chi connectivity index (χ0n) is 18.3. The lowest BCUT2D eigenvalue weighted by molar-refractivity contribution is -0.159. The van der Waals surface area contributed by atoms with Gasteiger partial charge in [0.2, 0.25) is 5.88 Å². The van der Waals surface area contributed by atoms with Gasteiger partial charge >= 0.3 is 12.4 Å². The minimum atomic E-state index is -5.14. The molecule has 0 aliphatic heterocycles. The number of amides is 1. The summed E-state index contributed by atoms with van der Waals surface area (Å²) in [4.78, 5) is 16.3.